The summed E-state index contributed by atoms with van der Waals surface area (Å²) in [6, 6.07) is 13.4. The SMILES string of the molecule is Cc1cc(N2CC3CC(C2)N3CC(=O)N2CCN(c3ccccc3)CC2)nc(C)n1. The number of carbonyl (C=O) groups is 1. The lowest BCUT2D eigenvalue weighted by Gasteiger charge is -2.56. The van der Waals surface area contributed by atoms with Gasteiger partial charge in [0.05, 0.1) is 6.54 Å². The lowest BCUT2D eigenvalue weighted by Crippen LogP contribution is -2.70. The third-order valence-electron chi connectivity index (χ3n) is 6.69. The quantitative estimate of drug-likeness (QED) is 0.771. The second-order valence-electron chi connectivity index (χ2n) is 8.74. The Morgan fingerprint density at radius 2 is 1.67 bits per heavy atom. The number of rotatable bonds is 4. The molecular formula is C23H30N6O. The standard InChI is InChI=1S/C23H30N6O/c1-17-12-22(25-18(2)24-17)28-14-20-13-21(15-28)29(20)16-23(30)27-10-8-26(9-11-27)19-6-4-3-5-7-19/h3-7,12,20-21H,8-11,13-16H2,1-2H3. The van der Waals surface area contributed by atoms with Crippen molar-refractivity contribution in [3.63, 3.8) is 0 Å². The molecule has 158 valence electrons. The molecule has 0 spiro atoms. The normalized spacial score (nSPS) is 24.0. The lowest BCUT2D eigenvalue weighted by molar-refractivity contribution is -0.137. The van der Waals surface area contributed by atoms with Crippen molar-refractivity contribution in [2.45, 2.75) is 32.4 Å². The molecule has 5 heterocycles. The fourth-order valence-corrected chi connectivity index (χ4v) is 5.10. The van der Waals surface area contributed by atoms with Crippen molar-refractivity contribution >= 4 is 17.4 Å². The summed E-state index contributed by atoms with van der Waals surface area (Å²) < 4.78 is 0. The Morgan fingerprint density at radius 3 is 2.33 bits per heavy atom. The molecule has 4 aliphatic heterocycles. The van der Waals surface area contributed by atoms with Gasteiger partial charge in [-0.3, -0.25) is 9.69 Å². The zero-order valence-corrected chi connectivity index (χ0v) is 17.9. The van der Waals surface area contributed by atoms with Gasteiger partial charge >= 0.3 is 0 Å². The van der Waals surface area contributed by atoms with Gasteiger partial charge in [0, 0.05) is 68.8 Å². The molecule has 1 aromatic carbocycles. The maximum Gasteiger partial charge on any atom is 0.236 e. The minimum Gasteiger partial charge on any atom is -0.368 e. The van der Waals surface area contributed by atoms with Gasteiger partial charge in [-0.15, -0.1) is 0 Å². The van der Waals surface area contributed by atoms with Gasteiger partial charge in [-0.05, 0) is 32.4 Å². The highest BCUT2D eigenvalue weighted by atomic mass is 16.2. The van der Waals surface area contributed by atoms with Gasteiger partial charge in [0.25, 0.3) is 0 Å². The molecule has 1 aromatic heterocycles. The van der Waals surface area contributed by atoms with E-state index in [-0.39, 0.29) is 5.91 Å². The largest absolute Gasteiger partial charge is 0.368 e. The highest BCUT2D eigenvalue weighted by molar-refractivity contribution is 5.79. The number of piperidine rings is 1. The van der Waals surface area contributed by atoms with Crippen molar-refractivity contribution in [1.82, 2.24) is 19.8 Å². The predicted octanol–water partition coefficient (Wildman–Crippen LogP) is 1.71. The molecule has 30 heavy (non-hydrogen) atoms. The monoisotopic (exact) mass is 406 g/mol. The molecule has 7 nitrogen and oxygen atoms in total. The van der Waals surface area contributed by atoms with Crippen molar-refractivity contribution < 1.29 is 4.79 Å². The van der Waals surface area contributed by atoms with Gasteiger partial charge < -0.3 is 14.7 Å². The van der Waals surface area contributed by atoms with Crippen LogP contribution in [0.1, 0.15) is 17.9 Å². The van der Waals surface area contributed by atoms with Crippen molar-refractivity contribution in [1.29, 1.82) is 0 Å². The summed E-state index contributed by atoms with van der Waals surface area (Å²) in [5, 5.41) is 0. The summed E-state index contributed by atoms with van der Waals surface area (Å²) >= 11 is 0. The van der Waals surface area contributed by atoms with Crippen LogP contribution in [0.25, 0.3) is 0 Å². The van der Waals surface area contributed by atoms with Gasteiger partial charge in [-0.2, -0.15) is 0 Å². The highest BCUT2D eigenvalue weighted by Crippen LogP contribution is 2.34. The zero-order chi connectivity index (χ0) is 20.7. The number of hydrogen-bond donors (Lipinski definition) is 0. The Kier molecular flexibility index (Phi) is 5.06. The molecule has 1 amide bonds. The Labute approximate surface area is 178 Å². The van der Waals surface area contributed by atoms with Crippen LogP contribution in [0.2, 0.25) is 0 Å². The van der Waals surface area contributed by atoms with Crippen molar-refractivity contribution in [2.24, 2.45) is 0 Å². The minimum absolute atomic E-state index is 0.277. The molecule has 6 rings (SSSR count). The summed E-state index contributed by atoms with van der Waals surface area (Å²) in [6.07, 6.45) is 1.19. The fourth-order valence-electron chi connectivity index (χ4n) is 5.10. The summed E-state index contributed by atoms with van der Waals surface area (Å²) in [7, 11) is 0. The summed E-state index contributed by atoms with van der Waals surface area (Å²) in [5.41, 5.74) is 2.26. The molecule has 0 N–H and O–H groups in total. The lowest BCUT2D eigenvalue weighted by atomic mass is 9.87. The van der Waals surface area contributed by atoms with Gasteiger partial charge in [0.2, 0.25) is 5.91 Å². The van der Waals surface area contributed by atoms with E-state index in [0.717, 1.165) is 56.6 Å². The fraction of sp³-hybridized carbons (Fsp3) is 0.522. The molecule has 7 heteroatoms. The van der Waals surface area contributed by atoms with E-state index in [0.29, 0.717) is 18.6 Å². The molecule has 2 aromatic rings. The second kappa shape index (κ2) is 7.87. The van der Waals surface area contributed by atoms with Crippen LogP contribution in [0.15, 0.2) is 36.4 Å². The number of benzene rings is 1. The van der Waals surface area contributed by atoms with Crippen LogP contribution in [0.4, 0.5) is 11.5 Å². The first-order chi connectivity index (χ1) is 14.6. The number of nitrogens with zero attached hydrogens (tertiary/aromatic N) is 6. The van der Waals surface area contributed by atoms with Crippen molar-refractivity contribution in [3.05, 3.63) is 47.9 Å². The van der Waals surface area contributed by atoms with E-state index in [9.17, 15) is 4.79 Å². The van der Waals surface area contributed by atoms with E-state index in [4.69, 9.17) is 0 Å². The first kappa shape index (κ1) is 19.3. The minimum atomic E-state index is 0.277. The molecule has 4 saturated heterocycles. The van der Waals surface area contributed by atoms with Crippen LogP contribution in [0, 0.1) is 13.8 Å². The van der Waals surface area contributed by atoms with Crippen LogP contribution in [-0.2, 0) is 4.79 Å². The van der Waals surface area contributed by atoms with Gasteiger partial charge in [-0.25, -0.2) is 9.97 Å². The number of aryl methyl sites for hydroxylation is 2. The maximum atomic E-state index is 12.9. The number of para-hydroxylation sites is 1. The average Bonchev–Trinajstić information content (AvgIpc) is 2.77. The Bertz CT molecular complexity index is 879. The van der Waals surface area contributed by atoms with Gasteiger partial charge in [-0.1, -0.05) is 18.2 Å². The molecule has 2 atom stereocenters. The van der Waals surface area contributed by atoms with E-state index in [1.165, 1.54) is 12.1 Å². The smallest absolute Gasteiger partial charge is 0.236 e. The first-order valence-electron chi connectivity index (χ1n) is 11.0. The number of hydrogen-bond acceptors (Lipinski definition) is 6. The molecule has 2 bridgehead atoms. The van der Waals surface area contributed by atoms with Crippen LogP contribution in [0.5, 0.6) is 0 Å². The van der Waals surface area contributed by atoms with Gasteiger partial charge in [0.15, 0.2) is 0 Å². The third kappa shape index (κ3) is 3.74. The third-order valence-corrected chi connectivity index (χ3v) is 6.69. The number of piperazine rings is 2. The second-order valence-corrected chi connectivity index (χ2v) is 8.74. The zero-order valence-electron chi connectivity index (χ0n) is 17.9. The molecule has 0 aliphatic carbocycles. The Hall–Kier alpha value is -2.67. The Morgan fingerprint density at radius 1 is 0.967 bits per heavy atom. The number of amides is 1. The molecule has 4 fully saturated rings. The Balaban J connectivity index is 1.14. The van der Waals surface area contributed by atoms with Crippen molar-refractivity contribution in [3.8, 4) is 0 Å². The molecule has 4 aliphatic rings. The van der Waals surface area contributed by atoms with E-state index in [2.05, 4.69) is 55.0 Å². The number of fused-ring (bicyclic) bond motifs is 2. The first-order valence-corrected chi connectivity index (χ1v) is 11.0. The van der Waals surface area contributed by atoms with Crippen LogP contribution in [0.3, 0.4) is 0 Å². The molecular weight excluding hydrogens is 376 g/mol. The van der Waals surface area contributed by atoms with Gasteiger partial charge in [0.1, 0.15) is 11.6 Å². The van der Waals surface area contributed by atoms with E-state index in [1.54, 1.807) is 0 Å². The van der Waals surface area contributed by atoms with Crippen molar-refractivity contribution in [2.75, 3.05) is 55.6 Å². The summed E-state index contributed by atoms with van der Waals surface area (Å²) in [5.74, 6) is 2.13. The average molecular weight is 407 g/mol. The predicted molar refractivity (Wildman–Crippen MR) is 118 cm³/mol. The van der Waals surface area contributed by atoms with Crippen LogP contribution < -0.4 is 9.80 Å². The summed E-state index contributed by atoms with van der Waals surface area (Å²) in [6.45, 7) is 9.84. The van der Waals surface area contributed by atoms with E-state index in [1.807, 2.05) is 24.8 Å². The highest BCUT2D eigenvalue weighted by Gasteiger charge is 2.46. The molecule has 0 radical (unpaired) electrons. The van der Waals surface area contributed by atoms with Crippen LogP contribution in [-0.4, -0.2) is 83.6 Å². The summed E-state index contributed by atoms with van der Waals surface area (Å²) in [4.78, 5) is 31.1. The maximum absolute atomic E-state index is 12.9. The van der Waals surface area contributed by atoms with E-state index < -0.39 is 0 Å². The number of aromatic nitrogens is 2. The molecule has 2 unspecified atom stereocenters. The van der Waals surface area contributed by atoms with Crippen LogP contribution >= 0.6 is 0 Å². The number of anilines is 2. The molecule has 0 saturated carbocycles. The topological polar surface area (TPSA) is 55.8 Å². The number of carbonyl (C=O) groups excluding carboxylic acids is 1. The van der Waals surface area contributed by atoms with E-state index >= 15 is 0 Å².